The quantitative estimate of drug-likeness (QED) is 0.420. The number of amides is 1. The zero-order chi connectivity index (χ0) is 22.2. The number of hydrogen-bond acceptors (Lipinski definition) is 2. The summed E-state index contributed by atoms with van der Waals surface area (Å²) in [5.74, 6) is 0.253. The Balaban J connectivity index is 0.00000132. The van der Waals surface area contributed by atoms with Crippen LogP contribution in [0.5, 0.6) is 0 Å². The van der Waals surface area contributed by atoms with Gasteiger partial charge in [-0.15, -0.1) is 0 Å². The number of nitrogens with zero attached hydrogens (tertiary/aromatic N) is 3. The number of benzene rings is 2. The molecule has 3 aromatic rings. The summed E-state index contributed by atoms with van der Waals surface area (Å²) in [5, 5.41) is 1.06. The molecule has 1 fully saturated rings. The van der Waals surface area contributed by atoms with E-state index in [1.807, 2.05) is 61.6 Å². The Morgan fingerprint density at radius 2 is 1.81 bits per heavy atom. The summed E-state index contributed by atoms with van der Waals surface area (Å²) in [6, 6.07) is 15.9. The number of hydrogen-bond donors (Lipinski definition) is 0. The molecule has 164 valence electrons. The Morgan fingerprint density at radius 3 is 2.58 bits per heavy atom. The maximum atomic E-state index is 12.9. The third-order valence-corrected chi connectivity index (χ3v) is 6.40. The lowest BCUT2D eigenvalue weighted by Crippen LogP contribution is -2.27. The minimum atomic E-state index is 0.0491. The van der Waals surface area contributed by atoms with E-state index in [4.69, 9.17) is 23.2 Å². The van der Waals surface area contributed by atoms with E-state index in [-0.39, 0.29) is 11.8 Å². The SMILES string of the molecule is CC.O=C1[C@@H](CCc2cncn2Cc2ccccc2)CCN1Cc1cccc(Cl)c1Cl. The van der Waals surface area contributed by atoms with E-state index in [9.17, 15) is 4.79 Å². The molecule has 1 aliphatic heterocycles. The molecule has 0 bridgehead atoms. The minimum Gasteiger partial charge on any atom is -0.338 e. The van der Waals surface area contributed by atoms with Crippen LogP contribution < -0.4 is 0 Å². The number of carbonyl (C=O) groups excluding carboxylic acids is 1. The zero-order valence-corrected chi connectivity index (χ0v) is 19.6. The molecular weight excluding hydrogens is 429 g/mol. The number of carbonyl (C=O) groups is 1. The van der Waals surface area contributed by atoms with E-state index in [0.717, 1.165) is 43.6 Å². The molecule has 31 heavy (non-hydrogen) atoms. The fraction of sp³-hybridized carbons (Fsp3) is 0.360. The molecule has 0 aliphatic carbocycles. The highest BCUT2D eigenvalue weighted by Gasteiger charge is 2.31. The van der Waals surface area contributed by atoms with Crippen molar-refractivity contribution in [1.82, 2.24) is 14.5 Å². The van der Waals surface area contributed by atoms with Crippen molar-refractivity contribution >= 4 is 29.1 Å². The lowest BCUT2D eigenvalue weighted by atomic mass is 10.0. The zero-order valence-electron chi connectivity index (χ0n) is 18.1. The maximum Gasteiger partial charge on any atom is 0.226 e. The molecule has 0 spiro atoms. The Labute approximate surface area is 194 Å². The van der Waals surface area contributed by atoms with Crippen molar-refractivity contribution in [3.63, 3.8) is 0 Å². The molecule has 0 N–H and O–H groups in total. The van der Waals surface area contributed by atoms with Gasteiger partial charge in [0.2, 0.25) is 5.91 Å². The van der Waals surface area contributed by atoms with Crippen LogP contribution in [0.2, 0.25) is 10.0 Å². The predicted molar refractivity (Wildman–Crippen MR) is 127 cm³/mol. The molecule has 1 atom stereocenters. The van der Waals surface area contributed by atoms with Crippen LogP contribution in [0.4, 0.5) is 0 Å². The average molecular weight is 458 g/mol. The first-order chi connectivity index (χ1) is 15.1. The van der Waals surface area contributed by atoms with Crippen LogP contribution in [-0.2, 0) is 24.3 Å². The second-order valence-corrected chi connectivity index (χ2v) is 8.28. The monoisotopic (exact) mass is 457 g/mol. The average Bonchev–Trinajstić information content (AvgIpc) is 3.38. The summed E-state index contributed by atoms with van der Waals surface area (Å²) in [7, 11) is 0. The third-order valence-electron chi connectivity index (χ3n) is 5.54. The van der Waals surface area contributed by atoms with Crippen molar-refractivity contribution in [3.8, 4) is 0 Å². The van der Waals surface area contributed by atoms with Gasteiger partial charge in [0, 0.05) is 37.4 Å². The van der Waals surface area contributed by atoms with Crippen LogP contribution in [-0.4, -0.2) is 26.9 Å². The molecule has 2 heterocycles. The van der Waals surface area contributed by atoms with Gasteiger partial charge in [-0.25, -0.2) is 4.98 Å². The number of imidazole rings is 1. The van der Waals surface area contributed by atoms with Crippen LogP contribution in [0.3, 0.4) is 0 Å². The van der Waals surface area contributed by atoms with Crippen LogP contribution in [0.25, 0.3) is 0 Å². The van der Waals surface area contributed by atoms with E-state index >= 15 is 0 Å². The van der Waals surface area contributed by atoms with Crippen LogP contribution in [0, 0.1) is 5.92 Å². The Kier molecular flexibility index (Phi) is 8.56. The Morgan fingerprint density at radius 1 is 1.03 bits per heavy atom. The van der Waals surface area contributed by atoms with Crippen molar-refractivity contribution in [3.05, 3.63) is 87.9 Å². The molecule has 0 saturated carbocycles. The first-order valence-corrected chi connectivity index (χ1v) is 11.6. The molecule has 4 rings (SSSR count). The fourth-order valence-corrected chi connectivity index (χ4v) is 4.29. The summed E-state index contributed by atoms with van der Waals surface area (Å²) in [6.45, 7) is 6.07. The van der Waals surface area contributed by atoms with E-state index in [1.165, 1.54) is 5.56 Å². The molecular formula is C25H29Cl2N3O. The summed E-state index contributed by atoms with van der Waals surface area (Å²) in [6.07, 6.45) is 6.33. The topological polar surface area (TPSA) is 38.1 Å². The molecule has 0 radical (unpaired) electrons. The lowest BCUT2D eigenvalue weighted by molar-refractivity contribution is -0.131. The number of aryl methyl sites for hydroxylation is 1. The molecule has 0 unspecified atom stereocenters. The van der Waals surface area contributed by atoms with Crippen molar-refractivity contribution in [1.29, 1.82) is 0 Å². The van der Waals surface area contributed by atoms with Gasteiger partial charge >= 0.3 is 0 Å². The summed E-state index contributed by atoms with van der Waals surface area (Å²) in [5.41, 5.74) is 3.31. The third kappa shape index (κ3) is 5.90. The summed E-state index contributed by atoms with van der Waals surface area (Å²) < 4.78 is 2.16. The smallest absolute Gasteiger partial charge is 0.226 e. The Hall–Kier alpha value is -2.30. The molecule has 1 saturated heterocycles. The standard InChI is InChI=1S/C23H23Cl2N3O.C2H6/c24-21-8-4-7-19(22(21)25)15-27-12-11-18(23(27)29)9-10-20-13-26-16-28(20)14-17-5-2-1-3-6-17;1-2/h1-8,13,16,18H,9-12,14-15H2;1-2H3/t18-;/m0./s1. The van der Waals surface area contributed by atoms with Gasteiger partial charge in [-0.3, -0.25) is 4.79 Å². The second kappa shape index (κ2) is 11.4. The van der Waals surface area contributed by atoms with E-state index in [1.54, 1.807) is 6.07 Å². The van der Waals surface area contributed by atoms with Gasteiger partial charge in [-0.05, 0) is 36.5 Å². The molecule has 6 heteroatoms. The van der Waals surface area contributed by atoms with Crippen LogP contribution >= 0.6 is 23.2 Å². The van der Waals surface area contributed by atoms with Crippen molar-refractivity contribution in [2.75, 3.05) is 6.54 Å². The van der Waals surface area contributed by atoms with E-state index in [0.29, 0.717) is 16.6 Å². The second-order valence-electron chi connectivity index (χ2n) is 7.50. The first kappa shape index (κ1) is 23.4. The van der Waals surface area contributed by atoms with Crippen molar-refractivity contribution in [2.45, 2.75) is 46.2 Å². The summed E-state index contributed by atoms with van der Waals surface area (Å²) in [4.78, 5) is 19.1. The van der Waals surface area contributed by atoms with Gasteiger partial charge in [0.1, 0.15) is 0 Å². The number of aromatic nitrogens is 2. The number of likely N-dealkylation sites (tertiary alicyclic amines) is 1. The van der Waals surface area contributed by atoms with Gasteiger partial charge in [0.25, 0.3) is 0 Å². The minimum absolute atomic E-state index is 0.0491. The molecule has 4 nitrogen and oxygen atoms in total. The number of rotatable bonds is 7. The predicted octanol–water partition coefficient (Wildman–Crippen LogP) is 6.25. The van der Waals surface area contributed by atoms with Gasteiger partial charge in [-0.2, -0.15) is 0 Å². The van der Waals surface area contributed by atoms with Gasteiger partial charge in [0.05, 0.1) is 16.4 Å². The van der Waals surface area contributed by atoms with Gasteiger partial charge in [0.15, 0.2) is 0 Å². The van der Waals surface area contributed by atoms with Crippen LogP contribution in [0.15, 0.2) is 61.1 Å². The van der Waals surface area contributed by atoms with Gasteiger partial charge < -0.3 is 9.47 Å². The first-order valence-electron chi connectivity index (χ1n) is 10.9. The van der Waals surface area contributed by atoms with Crippen molar-refractivity contribution < 1.29 is 4.79 Å². The normalized spacial score (nSPS) is 15.7. The van der Waals surface area contributed by atoms with E-state index < -0.39 is 0 Å². The highest BCUT2D eigenvalue weighted by atomic mass is 35.5. The van der Waals surface area contributed by atoms with E-state index in [2.05, 4.69) is 21.7 Å². The fourth-order valence-electron chi connectivity index (χ4n) is 3.91. The lowest BCUT2D eigenvalue weighted by Gasteiger charge is -2.18. The molecule has 1 amide bonds. The Bertz CT molecular complexity index is 987. The number of halogens is 2. The molecule has 2 aromatic carbocycles. The largest absolute Gasteiger partial charge is 0.338 e. The molecule has 1 aromatic heterocycles. The highest BCUT2D eigenvalue weighted by molar-refractivity contribution is 6.42. The van der Waals surface area contributed by atoms with Gasteiger partial charge in [-0.1, -0.05) is 79.5 Å². The van der Waals surface area contributed by atoms with Crippen molar-refractivity contribution in [2.24, 2.45) is 5.92 Å². The maximum absolute atomic E-state index is 12.9. The molecule has 1 aliphatic rings. The van der Waals surface area contributed by atoms with Crippen LogP contribution in [0.1, 0.15) is 43.5 Å². The summed E-state index contributed by atoms with van der Waals surface area (Å²) >= 11 is 12.4. The highest BCUT2D eigenvalue weighted by Crippen LogP contribution is 2.30.